The van der Waals surface area contributed by atoms with Crippen LogP contribution in [0.3, 0.4) is 0 Å². The van der Waals surface area contributed by atoms with Crippen LogP contribution in [0.15, 0.2) is 0 Å². The fourth-order valence-electron chi connectivity index (χ4n) is 0.216. The molecule has 0 aliphatic carbocycles. The molecule has 0 amide bonds. The lowest BCUT2D eigenvalue weighted by atomic mass is 10.7. The van der Waals surface area contributed by atoms with Crippen LogP contribution in [0.25, 0.3) is 0 Å². The second-order valence-corrected chi connectivity index (χ2v) is 1.97. The zero-order chi connectivity index (χ0) is 4.41. The molecule has 0 N–H and O–H groups in total. The quantitative estimate of drug-likeness (QED) is 0.471. The van der Waals surface area contributed by atoms with Gasteiger partial charge in [0.25, 0.3) is 0 Å². The Morgan fingerprint density at radius 3 is 2.83 bits per heavy atom. The topological polar surface area (TPSA) is 12.9 Å². The smallest absolute Gasteiger partial charge is 0.153 e. The van der Waals surface area contributed by atoms with Crippen LogP contribution in [0.1, 0.15) is 4.88 Å². The maximum atomic E-state index is 3.59. The molecule has 2 radical (unpaired) electrons. The van der Waals surface area contributed by atoms with E-state index in [4.69, 9.17) is 0 Å². The van der Waals surface area contributed by atoms with Gasteiger partial charge in [-0.25, -0.2) is 4.98 Å². The molecule has 0 aliphatic rings. The Bertz CT molecular complexity index is 111. The van der Waals surface area contributed by atoms with Crippen LogP contribution in [0.5, 0.6) is 0 Å². The van der Waals surface area contributed by atoms with Gasteiger partial charge in [-0.05, 0) is 6.92 Å². The van der Waals surface area contributed by atoms with Gasteiger partial charge in [0.15, 0.2) is 5.51 Å². The first kappa shape index (κ1) is 3.81. The lowest BCUT2D eigenvalue weighted by Gasteiger charge is -1.61. The van der Waals surface area contributed by atoms with E-state index in [1.807, 2.05) is 6.92 Å². The summed E-state index contributed by atoms with van der Waals surface area (Å²) in [5.41, 5.74) is 2.67. The van der Waals surface area contributed by atoms with Gasteiger partial charge < -0.3 is 0 Å². The average molecular weight is 97.1 g/mol. The maximum absolute atomic E-state index is 3.59. The highest BCUT2D eigenvalue weighted by Gasteiger charge is 1.78. The molecule has 0 atom stereocenters. The van der Waals surface area contributed by atoms with E-state index in [0.717, 1.165) is 4.88 Å². The van der Waals surface area contributed by atoms with Crippen molar-refractivity contribution in [2.75, 3.05) is 0 Å². The number of thiazole rings is 1. The Morgan fingerprint density at radius 2 is 2.67 bits per heavy atom. The minimum atomic E-state index is 1.09. The summed E-state index contributed by atoms with van der Waals surface area (Å²) >= 11 is 1.49. The SMILES string of the molecule is Cc1[c]n[c]s1. The summed E-state index contributed by atoms with van der Waals surface area (Å²) in [5, 5.41) is 0. The van der Waals surface area contributed by atoms with Gasteiger partial charge in [0.1, 0.15) is 6.20 Å². The van der Waals surface area contributed by atoms with Crippen molar-refractivity contribution >= 4 is 11.3 Å². The van der Waals surface area contributed by atoms with Gasteiger partial charge in [0, 0.05) is 4.88 Å². The lowest BCUT2D eigenvalue weighted by molar-refractivity contribution is 1.36. The van der Waals surface area contributed by atoms with Crippen LogP contribution >= 0.6 is 11.3 Å². The van der Waals surface area contributed by atoms with Crippen molar-refractivity contribution in [3.63, 3.8) is 0 Å². The van der Waals surface area contributed by atoms with Crippen molar-refractivity contribution in [3.05, 3.63) is 16.6 Å². The molecule has 1 rings (SSSR count). The third-order valence-corrected chi connectivity index (χ3v) is 1.04. The molecule has 2 heteroatoms. The van der Waals surface area contributed by atoms with Gasteiger partial charge in [-0.15, -0.1) is 11.3 Å². The number of rotatable bonds is 0. The van der Waals surface area contributed by atoms with Gasteiger partial charge in [0.05, 0.1) is 0 Å². The molecule has 0 aromatic carbocycles. The molecule has 0 fully saturated rings. The molecule has 0 unspecified atom stereocenters. The van der Waals surface area contributed by atoms with Crippen LogP contribution in [0.4, 0.5) is 0 Å². The van der Waals surface area contributed by atoms with Gasteiger partial charge in [-0.3, -0.25) is 0 Å². The van der Waals surface area contributed by atoms with E-state index in [-0.39, 0.29) is 0 Å². The number of aromatic nitrogens is 1. The average Bonchev–Trinajstić information content (AvgIpc) is 1.86. The summed E-state index contributed by atoms with van der Waals surface area (Å²) in [4.78, 5) is 4.68. The molecular weight excluding hydrogens is 94.1 g/mol. The van der Waals surface area contributed by atoms with Gasteiger partial charge in [0.2, 0.25) is 0 Å². The lowest BCUT2D eigenvalue weighted by Crippen LogP contribution is -1.50. The molecule has 1 heterocycles. The summed E-state index contributed by atoms with van der Waals surface area (Å²) in [5.74, 6) is 0. The maximum Gasteiger partial charge on any atom is 0.153 e. The van der Waals surface area contributed by atoms with E-state index < -0.39 is 0 Å². The normalized spacial score (nSPS) is 8.83. The highest BCUT2D eigenvalue weighted by molar-refractivity contribution is 7.08. The zero-order valence-corrected chi connectivity index (χ0v) is 4.17. The summed E-state index contributed by atoms with van der Waals surface area (Å²) in [6.07, 6.45) is 2.71. The number of aryl methyl sites for hydroxylation is 1. The molecule has 0 bridgehead atoms. The number of hydrogen-bond acceptors (Lipinski definition) is 2. The van der Waals surface area contributed by atoms with Crippen molar-refractivity contribution in [2.45, 2.75) is 6.92 Å². The predicted octanol–water partition coefficient (Wildman–Crippen LogP) is 1.05. The molecule has 0 aliphatic heterocycles. The van der Waals surface area contributed by atoms with Crippen LogP contribution < -0.4 is 0 Å². The van der Waals surface area contributed by atoms with E-state index in [0.29, 0.717) is 0 Å². The van der Waals surface area contributed by atoms with E-state index >= 15 is 0 Å². The standard InChI is InChI=1S/C4H3NS/c1-4-2-5-3-6-4/h1H3. The highest BCUT2D eigenvalue weighted by Crippen LogP contribution is 1.97. The Balaban J connectivity index is 3.05. The monoisotopic (exact) mass is 97.0 g/mol. The fraction of sp³-hybridized carbons (Fsp3) is 0.250. The largest absolute Gasteiger partial charge is 0.231 e. The second kappa shape index (κ2) is 1.39. The molecule has 0 saturated heterocycles. The van der Waals surface area contributed by atoms with E-state index in [1.165, 1.54) is 11.3 Å². The van der Waals surface area contributed by atoms with E-state index in [9.17, 15) is 0 Å². The predicted molar refractivity (Wildman–Crippen MR) is 24.5 cm³/mol. The molecule has 1 aromatic rings. The van der Waals surface area contributed by atoms with Crippen molar-refractivity contribution in [1.29, 1.82) is 0 Å². The molecule has 1 aromatic heterocycles. The zero-order valence-electron chi connectivity index (χ0n) is 3.36. The van der Waals surface area contributed by atoms with Crippen molar-refractivity contribution in [1.82, 2.24) is 4.98 Å². The Kier molecular flexibility index (Phi) is 0.881. The third-order valence-electron chi connectivity index (χ3n) is 0.458. The van der Waals surface area contributed by atoms with E-state index in [2.05, 4.69) is 16.7 Å². The summed E-state index contributed by atoms with van der Waals surface area (Å²) in [6, 6.07) is 0. The molecular formula is C4H3NS. The molecule has 1 nitrogen and oxygen atoms in total. The summed E-state index contributed by atoms with van der Waals surface area (Å²) < 4.78 is 0. The Labute approximate surface area is 40.7 Å². The minimum Gasteiger partial charge on any atom is -0.231 e. The van der Waals surface area contributed by atoms with Crippen LogP contribution in [0.2, 0.25) is 0 Å². The van der Waals surface area contributed by atoms with Crippen LogP contribution in [-0.2, 0) is 0 Å². The van der Waals surface area contributed by atoms with Crippen LogP contribution in [0, 0.1) is 18.6 Å². The Morgan fingerprint density at radius 1 is 1.83 bits per heavy atom. The molecule has 6 heavy (non-hydrogen) atoms. The number of hydrogen-bond donors (Lipinski definition) is 0. The van der Waals surface area contributed by atoms with Crippen molar-refractivity contribution in [3.8, 4) is 0 Å². The van der Waals surface area contributed by atoms with Crippen LogP contribution in [-0.4, -0.2) is 4.98 Å². The first-order chi connectivity index (χ1) is 2.89. The van der Waals surface area contributed by atoms with Gasteiger partial charge >= 0.3 is 0 Å². The van der Waals surface area contributed by atoms with Gasteiger partial charge in [-0.1, -0.05) is 0 Å². The second-order valence-electron chi connectivity index (χ2n) is 0.973. The molecule has 30 valence electrons. The summed E-state index contributed by atoms with van der Waals surface area (Å²) in [7, 11) is 0. The highest BCUT2D eigenvalue weighted by atomic mass is 32.1. The third kappa shape index (κ3) is 0.571. The first-order valence-electron chi connectivity index (χ1n) is 1.61. The summed E-state index contributed by atoms with van der Waals surface area (Å²) in [6.45, 7) is 1.95. The molecule has 0 spiro atoms. The minimum absolute atomic E-state index is 1.09. The van der Waals surface area contributed by atoms with Gasteiger partial charge in [-0.2, -0.15) is 0 Å². The van der Waals surface area contributed by atoms with Crippen molar-refractivity contribution in [2.24, 2.45) is 0 Å². The number of nitrogens with zero attached hydrogens (tertiary/aromatic N) is 1. The fourth-order valence-corrected chi connectivity index (χ4v) is 0.535. The Hall–Kier alpha value is -0.370. The molecule has 0 saturated carbocycles. The first-order valence-corrected chi connectivity index (χ1v) is 2.42. The van der Waals surface area contributed by atoms with Crippen molar-refractivity contribution < 1.29 is 0 Å². The van der Waals surface area contributed by atoms with E-state index in [1.54, 1.807) is 0 Å².